The van der Waals surface area contributed by atoms with Gasteiger partial charge in [-0.3, -0.25) is 4.79 Å². The number of aryl methyl sites for hydroxylation is 2. The highest BCUT2D eigenvalue weighted by Gasteiger charge is 2.34. The molecule has 1 aliphatic heterocycles. The molecule has 1 aliphatic rings. The summed E-state index contributed by atoms with van der Waals surface area (Å²) < 4.78 is 0. The molecule has 0 spiro atoms. The first-order valence-corrected chi connectivity index (χ1v) is 6.61. The molecular weight excluding hydrogens is 224 g/mol. The van der Waals surface area contributed by atoms with E-state index >= 15 is 0 Å². The van der Waals surface area contributed by atoms with Gasteiger partial charge >= 0.3 is 0 Å². The van der Waals surface area contributed by atoms with Crippen LogP contribution in [-0.2, 0) is 4.79 Å². The Balaban J connectivity index is 2.11. The molecule has 2 rings (SSSR count). The van der Waals surface area contributed by atoms with Crippen molar-refractivity contribution in [3.63, 3.8) is 0 Å². The zero-order chi connectivity index (χ0) is 13.2. The number of nitrogens with one attached hydrogen (secondary N) is 2. The minimum atomic E-state index is -0.282. The summed E-state index contributed by atoms with van der Waals surface area (Å²) in [6, 6.07) is 6.11. The van der Waals surface area contributed by atoms with Crippen LogP contribution in [0.15, 0.2) is 18.2 Å². The van der Waals surface area contributed by atoms with Gasteiger partial charge < -0.3 is 10.6 Å². The second-order valence-corrected chi connectivity index (χ2v) is 5.61. The molecule has 1 saturated heterocycles. The van der Waals surface area contributed by atoms with Crippen molar-refractivity contribution < 1.29 is 4.79 Å². The summed E-state index contributed by atoms with van der Waals surface area (Å²) in [4.78, 5) is 12.4. The van der Waals surface area contributed by atoms with Crippen LogP contribution in [0.5, 0.6) is 0 Å². The lowest BCUT2D eigenvalue weighted by molar-refractivity contribution is -0.125. The molecule has 18 heavy (non-hydrogen) atoms. The third-order valence-corrected chi connectivity index (χ3v) is 3.78. The highest BCUT2D eigenvalue weighted by molar-refractivity contribution is 5.96. The third-order valence-electron chi connectivity index (χ3n) is 3.78. The average Bonchev–Trinajstić information content (AvgIpc) is 2.33. The van der Waals surface area contributed by atoms with Crippen LogP contribution < -0.4 is 10.6 Å². The fraction of sp³-hybridized carbons (Fsp3) is 0.533. The summed E-state index contributed by atoms with van der Waals surface area (Å²) in [7, 11) is 0. The van der Waals surface area contributed by atoms with Gasteiger partial charge in [0.25, 0.3) is 0 Å². The van der Waals surface area contributed by atoms with E-state index in [4.69, 9.17) is 0 Å². The summed E-state index contributed by atoms with van der Waals surface area (Å²) in [5.74, 6) is 0.127. The molecule has 0 bridgehead atoms. The maximum atomic E-state index is 12.4. The van der Waals surface area contributed by atoms with Gasteiger partial charge in [-0.05, 0) is 51.8 Å². The number of carbonyl (C=O) groups is 1. The molecule has 3 nitrogen and oxygen atoms in total. The summed E-state index contributed by atoms with van der Waals surface area (Å²) in [6.07, 6.45) is 2.02. The summed E-state index contributed by atoms with van der Waals surface area (Å²) in [6.45, 7) is 7.92. The number of anilines is 1. The largest absolute Gasteiger partial charge is 0.325 e. The number of benzene rings is 1. The van der Waals surface area contributed by atoms with Crippen molar-refractivity contribution >= 4 is 11.6 Å². The second-order valence-electron chi connectivity index (χ2n) is 5.61. The maximum absolute atomic E-state index is 12.4. The third kappa shape index (κ3) is 2.72. The number of piperidine rings is 1. The fourth-order valence-electron chi connectivity index (χ4n) is 2.48. The van der Waals surface area contributed by atoms with Gasteiger partial charge in [0, 0.05) is 12.2 Å². The molecule has 1 amide bonds. The van der Waals surface area contributed by atoms with E-state index in [0.717, 1.165) is 37.2 Å². The zero-order valence-electron chi connectivity index (χ0n) is 11.5. The Morgan fingerprint density at radius 1 is 1.39 bits per heavy atom. The van der Waals surface area contributed by atoms with E-state index in [2.05, 4.69) is 23.6 Å². The molecule has 1 aromatic rings. The molecule has 98 valence electrons. The minimum Gasteiger partial charge on any atom is -0.325 e. The number of amides is 1. The molecule has 0 aromatic heterocycles. The lowest BCUT2D eigenvalue weighted by Crippen LogP contribution is -2.46. The van der Waals surface area contributed by atoms with E-state index in [-0.39, 0.29) is 11.3 Å². The van der Waals surface area contributed by atoms with Crippen LogP contribution in [0.4, 0.5) is 5.69 Å². The van der Waals surface area contributed by atoms with E-state index < -0.39 is 0 Å². The number of carbonyl (C=O) groups excluding carboxylic acids is 1. The number of hydrogen-bond donors (Lipinski definition) is 2. The predicted molar refractivity (Wildman–Crippen MR) is 74.8 cm³/mol. The first-order valence-electron chi connectivity index (χ1n) is 6.61. The lowest BCUT2D eigenvalue weighted by Gasteiger charge is -2.32. The molecule has 1 fully saturated rings. The van der Waals surface area contributed by atoms with E-state index in [0.29, 0.717) is 0 Å². The summed E-state index contributed by atoms with van der Waals surface area (Å²) in [5.41, 5.74) is 2.99. The summed E-state index contributed by atoms with van der Waals surface area (Å²) in [5, 5.41) is 6.37. The topological polar surface area (TPSA) is 41.1 Å². The van der Waals surface area contributed by atoms with Crippen molar-refractivity contribution in [3.05, 3.63) is 29.3 Å². The molecule has 2 N–H and O–H groups in total. The van der Waals surface area contributed by atoms with Crippen molar-refractivity contribution in [2.45, 2.75) is 33.6 Å². The quantitative estimate of drug-likeness (QED) is 0.842. The summed E-state index contributed by atoms with van der Waals surface area (Å²) >= 11 is 0. The van der Waals surface area contributed by atoms with Crippen LogP contribution in [0.2, 0.25) is 0 Å². The first kappa shape index (κ1) is 13.1. The molecule has 0 saturated carbocycles. The van der Waals surface area contributed by atoms with Crippen LogP contribution in [0, 0.1) is 19.3 Å². The fourth-order valence-corrected chi connectivity index (χ4v) is 2.48. The maximum Gasteiger partial charge on any atom is 0.231 e. The van der Waals surface area contributed by atoms with Crippen LogP contribution in [0.25, 0.3) is 0 Å². The van der Waals surface area contributed by atoms with Crippen LogP contribution >= 0.6 is 0 Å². The van der Waals surface area contributed by atoms with E-state index in [1.54, 1.807) is 0 Å². The second kappa shape index (κ2) is 5.11. The Morgan fingerprint density at radius 3 is 2.78 bits per heavy atom. The molecule has 0 radical (unpaired) electrons. The molecule has 3 heteroatoms. The Labute approximate surface area is 109 Å². The van der Waals surface area contributed by atoms with Gasteiger partial charge in [0.2, 0.25) is 5.91 Å². The minimum absolute atomic E-state index is 0.127. The highest BCUT2D eigenvalue weighted by Crippen LogP contribution is 2.28. The van der Waals surface area contributed by atoms with Gasteiger partial charge in [-0.15, -0.1) is 0 Å². The van der Waals surface area contributed by atoms with Gasteiger partial charge in [0.1, 0.15) is 0 Å². The molecule has 1 unspecified atom stereocenters. The molecule has 1 aromatic carbocycles. The van der Waals surface area contributed by atoms with Crippen molar-refractivity contribution in [2.24, 2.45) is 5.41 Å². The van der Waals surface area contributed by atoms with E-state index in [9.17, 15) is 4.79 Å². The molecule has 1 heterocycles. The van der Waals surface area contributed by atoms with Crippen LogP contribution in [-0.4, -0.2) is 19.0 Å². The number of hydrogen-bond acceptors (Lipinski definition) is 2. The smallest absolute Gasteiger partial charge is 0.231 e. The average molecular weight is 246 g/mol. The highest BCUT2D eigenvalue weighted by atomic mass is 16.2. The zero-order valence-corrected chi connectivity index (χ0v) is 11.5. The Hall–Kier alpha value is -1.35. The first-order chi connectivity index (χ1) is 8.51. The van der Waals surface area contributed by atoms with Gasteiger partial charge in [0.05, 0.1) is 5.41 Å². The monoisotopic (exact) mass is 246 g/mol. The Bertz CT molecular complexity index is 448. The van der Waals surface area contributed by atoms with Crippen LogP contribution in [0.3, 0.4) is 0 Å². The van der Waals surface area contributed by atoms with Gasteiger partial charge in [-0.25, -0.2) is 0 Å². The van der Waals surface area contributed by atoms with Crippen LogP contribution in [0.1, 0.15) is 30.9 Å². The normalized spacial score (nSPS) is 23.7. The molecule has 0 aliphatic carbocycles. The Kier molecular flexibility index (Phi) is 3.71. The number of rotatable bonds is 2. The van der Waals surface area contributed by atoms with Gasteiger partial charge in [0.15, 0.2) is 0 Å². The molecular formula is C15H22N2O. The van der Waals surface area contributed by atoms with Gasteiger partial charge in [-0.2, -0.15) is 0 Å². The standard InChI is InChI=1S/C15H22N2O/c1-11-5-6-13(12(2)9-11)17-14(18)15(3)7-4-8-16-10-15/h5-6,9,16H,4,7-8,10H2,1-3H3,(H,17,18). The molecule has 1 atom stereocenters. The van der Waals surface area contributed by atoms with E-state index in [1.165, 1.54) is 5.56 Å². The van der Waals surface area contributed by atoms with Crippen molar-refractivity contribution in [1.82, 2.24) is 5.32 Å². The van der Waals surface area contributed by atoms with E-state index in [1.807, 2.05) is 26.0 Å². The van der Waals surface area contributed by atoms with Crippen molar-refractivity contribution in [2.75, 3.05) is 18.4 Å². The predicted octanol–water partition coefficient (Wildman–Crippen LogP) is 2.63. The van der Waals surface area contributed by atoms with Crippen molar-refractivity contribution in [3.8, 4) is 0 Å². The SMILES string of the molecule is Cc1ccc(NC(=O)C2(C)CCCNC2)c(C)c1. The van der Waals surface area contributed by atoms with Crippen molar-refractivity contribution in [1.29, 1.82) is 0 Å². The van der Waals surface area contributed by atoms with Gasteiger partial charge in [-0.1, -0.05) is 17.7 Å². The Morgan fingerprint density at radius 2 is 2.17 bits per heavy atom. The lowest BCUT2D eigenvalue weighted by atomic mass is 9.82.